The second-order valence-corrected chi connectivity index (χ2v) is 4.92. The topological polar surface area (TPSA) is 83.7 Å². The Morgan fingerprint density at radius 3 is 2.83 bits per heavy atom. The van der Waals surface area contributed by atoms with Crippen molar-refractivity contribution in [3.8, 4) is 0 Å². The number of hydrogen-bond acceptors (Lipinski definition) is 5. The summed E-state index contributed by atoms with van der Waals surface area (Å²) in [5, 5.41) is 0. The molecule has 0 saturated heterocycles. The van der Waals surface area contributed by atoms with E-state index in [4.69, 9.17) is 5.73 Å². The van der Waals surface area contributed by atoms with Crippen LogP contribution in [0.15, 0.2) is 12.7 Å². The number of hydrogen-bond donors (Lipinski definition) is 2. The summed E-state index contributed by atoms with van der Waals surface area (Å²) in [5.41, 5.74) is 7.62. The fraction of sp³-hybridized carbons (Fsp3) is 0.583. The maximum atomic E-state index is 6.06. The molecule has 0 radical (unpaired) electrons. The number of nitrogens with one attached hydrogen (secondary N) is 1. The van der Waals surface area contributed by atoms with Crippen molar-refractivity contribution in [1.82, 2.24) is 19.9 Å². The van der Waals surface area contributed by atoms with E-state index in [1.807, 2.05) is 7.05 Å². The van der Waals surface area contributed by atoms with E-state index in [9.17, 15) is 0 Å². The number of nitrogens with zero attached hydrogens (tertiary/aromatic N) is 4. The van der Waals surface area contributed by atoms with Crippen LogP contribution in [0.1, 0.15) is 20.3 Å². The molecule has 98 valence electrons. The zero-order chi connectivity index (χ0) is 13.1. The lowest BCUT2D eigenvalue weighted by Crippen LogP contribution is -2.32. The molecule has 2 aromatic heterocycles. The van der Waals surface area contributed by atoms with Crippen molar-refractivity contribution in [1.29, 1.82) is 0 Å². The normalized spacial score (nSPS) is 13.2. The summed E-state index contributed by atoms with van der Waals surface area (Å²) in [5.74, 6) is 1.37. The van der Waals surface area contributed by atoms with E-state index in [1.54, 1.807) is 6.33 Å². The van der Waals surface area contributed by atoms with Gasteiger partial charge in [-0.1, -0.05) is 13.8 Å². The van der Waals surface area contributed by atoms with Gasteiger partial charge in [0.25, 0.3) is 0 Å². The van der Waals surface area contributed by atoms with Crippen LogP contribution < -0.4 is 10.6 Å². The van der Waals surface area contributed by atoms with Crippen LogP contribution in [0.2, 0.25) is 0 Å². The van der Waals surface area contributed by atoms with Crippen molar-refractivity contribution in [2.24, 2.45) is 11.7 Å². The van der Waals surface area contributed by atoms with Crippen LogP contribution >= 0.6 is 0 Å². The average Bonchev–Trinajstić information content (AvgIpc) is 2.83. The lowest BCUT2D eigenvalue weighted by atomic mass is 10.0. The summed E-state index contributed by atoms with van der Waals surface area (Å²) in [4.78, 5) is 17.7. The van der Waals surface area contributed by atoms with E-state index in [2.05, 4.69) is 38.7 Å². The fourth-order valence-electron chi connectivity index (χ4n) is 1.82. The number of nitrogens with two attached hydrogens (primary N) is 1. The molecule has 0 amide bonds. The van der Waals surface area contributed by atoms with E-state index in [1.165, 1.54) is 6.33 Å². The Hall–Kier alpha value is -1.69. The van der Waals surface area contributed by atoms with Crippen LogP contribution in [0.25, 0.3) is 11.2 Å². The van der Waals surface area contributed by atoms with Crippen LogP contribution in [-0.4, -0.2) is 39.6 Å². The Bertz CT molecular complexity index is 506. The second kappa shape index (κ2) is 5.30. The van der Waals surface area contributed by atoms with Gasteiger partial charge in [-0.2, -0.15) is 0 Å². The van der Waals surface area contributed by atoms with E-state index < -0.39 is 0 Å². The Labute approximate surface area is 107 Å². The summed E-state index contributed by atoms with van der Waals surface area (Å²) in [6, 6.07) is 0.214. The van der Waals surface area contributed by atoms with Crippen LogP contribution in [0, 0.1) is 5.92 Å². The molecule has 1 atom stereocenters. The molecule has 0 spiro atoms. The largest absolute Gasteiger partial charge is 0.358 e. The molecule has 1 unspecified atom stereocenters. The third-order valence-corrected chi connectivity index (χ3v) is 3.22. The highest BCUT2D eigenvalue weighted by Gasteiger charge is 2.13. The quantitative estimate of drug-likeness (QED) is 0.829. The number of fused-ring (bicyclic) bond motifs is 1. The maximum Gasteiger partial charge on any atom is 0.182 e. The van der Waals surface area contributed by atoms with Gasteiger partial charge in [0.15, 0.2) is 11.5 Å². The average molecular weight is 248 g/mol. The van der Waals surface area contributed by atoms with Crippen LogP contribution in [0.5, 0.6) is 0 Å². The first-order valence-corrected chi connectivity index (χ1v) is 6.20. The molecule has 0 saturated carbocycles. The number of anilines is 1. The summed E-state index contributed by atoms with van der Waals surface area (Å²) in [6.07, 6.45) is 4.11. The van der Waals surface area contributed by atoms with Gasteiger partial charge in [0.1, 0.15) is 11.8 Å². The fourth-order valence-corrected chi connectivity index (χ4v) is 1.82. The predicted molar refractivity (Wildman–Crippen MR) is 72.4 cm³/mol. The summed E-state index contributed by atoms with van der Waals surface area (Å²) in [6.45, 7) is 5.15. The predicted octanol–water partition coefficient (Wildman–Crippen LogP) is 1.16. The first kappa shape index (κ1) is 12.8. The molecule has 3 N–H and O–H groups in total. The Kier molecular flexibility index (Phi) is 3.76. The zero-order valence-corrected chi connectivity index (χ0v) is 11.1. The Morgan fingerprint density at radius 1 is 1.33 bits per heavy atom. The molecule has 18 heavy (non-hydrogen) atoms. The van der Waals surface area contributed by atoms with Gasteiger partial charge in [-0.15, -0.1) is 0 Å². The van der Waals surface area contributed by atoms with E-state index in [0.29, 0.717) is 11.6 Å². The van der Waals surface area contributed by atoms with Crippen molar-refractivity contribution in [3.05, 3.63) is 12.7 Å². The standard InChI is InChI=1S/C12H20N6/c1-8(2)9(13)4-5-18(3)12-10-11(15-6-14-10)16-7-17-12/h6-9H,4-5,13H2,1-3H3,(H,14,15,16,17). The first-order chi connectivity index (χ1) is 8.59. The van der Waals surface area contributed by atoms with E-state index in [-0.39, 0.29) is 6.04 Å². The van der Waals surface area contributed by atoms with Gasteiger partial charge in [-0.25, -0.2) is 15.0 Å². The lowest BCUT2D eigenvalue weighted by Gasteiger charge is -2.22. The summed E-state index contributed by atoms with van der Waals surface area (Å²) in [7, 11) is 2.01. The number of H-pyrrole nitrogens is 1. The van der Waals surface area contributed by atoms with Crippen LogP contribution in [0.3, 0.4) is 0 Å². The first-order valence-electron chi connectivity index (χ1n) is 6.20. The summed E-state index contributed by atoms with van der Waals surface area (Å²) >= 11 is 0. The molecule has 0 bridgehead atoms. The highest BCUT2D eigenvalue weighted by molar-refractivity contribution is 5.82. The second-order valence-electron chi connectivity index (χ2n) is 4.92. The SMILES string of the molecule is CC(C)C(N)CCN(C)c1ncnc2nc[nH]c12. The molecule has 0 aliphatic heterocycles. The van der Waals surface area contributed by atoms with Crippen molar-refractivity contribution in [3.63, 3.8) is 0 Å². The highest BCUT2D eigenvalue weighted by atomic mass is 15.2. The molecule has 0 aromatic carbocycles. The van der Waals surface area contributed by atoms with Crippen molar-refractivity contribution >= 4 is 17.0 Å². The van der Waals surface area contributed by atoms with Gasteiger partial charge < -0.3 is 15.6 Å². The van der Waals surface area contributed by atoms with Crippen molar-refractivity contribution < 1.29 is 0 Å². The number of imidazole rings is 1. The molecular formula is C12H20N6. The zero-order valence-electron chi connectivity index (χ0n) is 11.1. The van der Waals surface area contributed by atoms with Gasteiger partial charge in [0, 0.05) is 19.6 Å². The molecule has 0 aliphatic rings. The van der Waals surface area contributed by atoms with E-state index >= 15 is 0 Å². The third-order valence-electron chi connectivity index (χ3n) is 3.22. The molecule has 6 nitrogen and oxygen atoms in total. The minimum atomic E-state index is 0.214. The van der Waals surface area contributed by atoms with Gasteiger partial charge >= 0.3 is 0 Å². The van der Waals surface area contributed by atoms with Gasteiger partial charge in [-0.3, -0.25) is 0 Å². The minimum Gasteiger partial charge on any atom is -0.358 e. The van der Waals surface area contributed by atoms with Gasteiger partial charge in [0.2, 0.25) is 0 Å². The van der Waals surface area contributed by atoms with E-state index in [0.717, 1.165) is 24.3 Å². The van der Waals surface area contributed by atoms with Gasteiger partial charge in [-0.05, 0) is 12.3 Å². The molecule has 0 fully saturated rings. The molecular weight excluding hydrogens is 228 g/mol. The smallest absolute Gasteiger partial charge is 0.182 e. The lowest BCUT2D eigenvalue weighted by molar-refractivity contribution is 0.466. The minimum absolute atomic E-state index is 0.214. The van der Waals surface area contributed by atoms with Crippen LogP contribution in [0.4, 0.5) is 5.82 Å². The Morgan fingerprint density at radius 2 is 2.11 bits per heavy atom. The Balaban J connectivity index is 2.09. The van der Waals surface area contributed by atoms with Crippen LogP contribution in [-0.2, 0) is 0 Å². The number of aromatic nitrogens is 4. The molecule has 2 rings (SSSR count). The maximum absolute atomic E-state index is 6.06. The number of rotatable bonds is 5. The van der Waals surface area contributed by atoms with Crippen molar-refractivity contribution in [2.45, 2.75) is 26.3 Å². The number of aromatic amines is 1. The highest BCUT2D eigenvalue weighted by Crippen LogP contribution is 2.18. The third kappa shape index (κ3) is 2.59. The molecule has 2 aromatic rings. The monoisotopic (exact) mass is 248 g/mol. The summed E-state index contributed by atoms with van der Waals surface area (Å²) < 4.78 is 0. The molecule has 2 heterocycles. The van der Waals surface area contributed by atoms with Crippen molar-refractivity contribution in [2.75, 3.05) is 18.5 Å². The molecule has 6 heteroatoms. The molecule has 0 aliphatic carbocycles. The van der Waals surface area contributed by atoms with Gasteiger partial charge in [0.05, 0.1) is 6.33 Å².